The van der Waals surface area contributed by atoms with Crippen molar-refractivity contribution < 1.29 is 28.9 Å². The van der Waals surface area contributed by atoms with Crippen molar-refractivity contribution >= 4 is 17.4 Å². The number of Topliss-reactive ketones (excluding diaryl/α,β-unsaturated/α-hetero) is 1. The molecular formula is C28H36N2O6. The predicted molar refractivity (Wildman–Crippen MR) is 139 cm³/mol. The molecule has 0 aliphatic carbocycles. The van der Waals surface area contributed by atoms with Crippen LogP contribution >= 0.6 is 0 Å². The van der Waals surface area contributed by atoms with Crippen LogP contribution in [0.2, 0.25) is 0 Å². The van der Waals surface area contributed by atoms with E-state index in [2.05, 4.69) is 4.90 Å². The molecule has 36 heavy (non-hydrogen) atoms. The first-order valence-corrected chi connectivity index (χ1v) is 12.3. The lowest BCUT2D eigenvalue weighted by atomic mass is 9.94. The van der Waals surface area contributed by atoms with Gasteiger partial charge in [0.2, 0.25) is 0 Å². The van der Waals surface area contributed by atoms with Crippen LogP contribution in [0.1, 0.15) is 44.9 Å². The fraction of sp³-hybridized carbons (Fsp3) is 0.429. The molecule has 2 aromatic rings. The largest absolute Gasteiger partial charge is 0.507 e. The molecule has 2 aromatic carbocycles. The average Bonchev–Trinajstić information content (AvgIpc) is 3.13. The highest BCUT2D eigenvalue weighted by atomic mass is 16.5. The van der Waals surface area contributed by atoms with Gasteiger partial charge in [0.15, 0.2) is 11.5 Å². The van der Waals surface area contributed by atoms with Crippen LogP contribution in [0, 0.1) is 0 Å². The van der Waals surface area contributed by atoms with Crippen molar-refractivity contribution in [1.29, 1.82) is 0 Å². The summed E-state index contributed by atoms with van der Waals surface area (Å²) in [6, 6.07) is 11.3. The highest BCUT2D eigenvalue weighted by molar-refractivity contribution is 6.46. The van der Waals surface area contributed by atoms with Gasteiger partial charge in [0.25, 0.3) is 11.7 Å². The molecule has 1 aliphatic heterocycles. The van der Waals surface area contributed by atoms with E-state index in [1.54, 1.807) is 42.5 Å². The van der Waals surface area contributed by atoms with E-state index in [4.69, 9.17) is 14.2 Å². The number of hydrogen-bond acceptors (Lipinski definition) is 7. The highest BCUT2D eigenvalue weighted by Crippen LogP contribution is 2.45. The second-order valence-corrected chi connectivity index (χ2v) is 8.79. The Morgan fingerprint density at radius 3 is 2.25 bits per heavy atom. The summed E-state index contributed by atoms with van der Waals surface area (Å²) in [6.07, 6.45) is 0.00102. The molecule has 0 bridgehead atoms. The Morgan fingerprint density at radius 2 is 1.69 bits per heavy atom. The summed E-state index contributed by atoms with van der Waals surface area (Å²) in [7, 11) is 3.04. The number of rotatable bonds is 11. The zero-order valence-corrected chi connectivity index (χ0v) is 21.9. The van der Waals surface area contributed by atoms with Crippen LogP contribution in [0.15, 0.2) is 48.0 Å². The van der Waals surface area contributed by atoms with Gasteiger partial charge in [-0.3, -0.25) is 9.59 Å². The fourth-order valence-electron chi connectivity index (χ4n) is 4.47. The number of benzene rings is 2. The summed E-state index contributed by atoms with van der Waals surface area (Å²) in [5.74, 6) is -0.106. The quantitative estimate of drug-likeness (QED) is 0.283. The van der Waals surface area contributed by atoms with Crippen LogP contribution in [0.5, 0.6) is 17.2 Å². The van der Waals surface area contributed by atoms with Crippen molar-refractivity contribution in [2.45, 2.75) is 39.8 Å². The van der Waals surface area contributed by atoms with Gasteiger partial charge < -0.3 is 29.1 Å². The normalized spacial score (nSPS) is 17.2. The van der Waals surface area contributed by atoms with Gasteiger partial charge in [0.05, 0.1) is 31.9 Å². The lowest BCUT2D eigenvalue weighted by molar-refractivity contribution is -0.140. The number of hydrogen-bond donors (Lipinski definition) is 1. The lowest BCUT2D eigenvalue weighted by Crippen LogP contribution is -2.38. The van der Waals surface area contributed by atoms with E-state index in [1.165, 1.54) is 19.1 Å². The molecule has 0 aromatic heterocycles. The average molecular weight is 497 g/mol. The third-order valence-corrected chi connectivity index (χ3v) is 6.32. The monoisotopic (exact) mass is 496 g/mol. The van der Waals surface area contributed by atoms with Crippen LogP contribution in [-0.4, -0.2) is 73.1 Å². The number of carbonyl (C=O) groups is 2. The van der Waals surface area contributed by atoms with E-state index in [-0.39, 0.29) is 17.4 Å². The minimum atomic E-state index is -0.836. The smallest absolute Gasteiger partial charge is 0.295 e. The van der Waals surface area contributed by atoms with Crippen LogP contribution in [0.3, 0.4) is 0 Å². The molecule has 3 rings (SSSR count). The summed E-state index contributed by atoms with van der Waals surface area (Å²) in [5, 5.41) is 11.3. The lowest BCUT2D eigenvalue weighted by Gasteiger charge is -2.29. The van der Waals surface area contributed by atoms with E-state index < -0.39 is 17.7 Å². The number of aliphatic hydroxyl groups excluding tert-OH is 1. The molecule has 1 aliphatic rings. The molecule has 0 spiro atoms. The van der Waals surface area contributed by atoms with Gasteiger partial charge in [-0.2, -0.15) is 0 Å². The van der Waals surface area contributed by atoms with E-state index >= 15 is 0 Å². The maximum atomic E-state index is 13.3. The van der Waals surface area contributed by atoms with Gasteiger partial charge in [-0.05, 0) is 57.3 Å². The minimum Gasteiger partial charge on any atom is -0.507 e. The van der Waals surface area contributed by atoms with Crippen LogP contribution in [0.25, 0.3) is 5.76 Å². The number of aliphatic hydroxyl groups is 1. The molecule has 1 amide bonds. The van der Waals surface area contributed by atoms with Crippen molar-refractivity contribution in [3.63, 3.8) is 0 Å². The topological polar surface area (TPSA) is 88.5 Å². The van der Waals surface area contributed by atoms with Crippen molar-refractivity contribution in [3.05, 3.63) is 59.2 Å². The zero-order valence-electron chi connectivity index (χ0n) is 21.9. The van der Waals surface area contributed by atoms with Crippen LogP contribution in [0.4, 0.5) is 0 Å². The van der Waals surface area contributed by atoms with Crippen LogP contribution in [-0.2, 0) is 9.59 Å². The number of carbonyl (C=O) groups excluding carboxylic acids is 2. The Kier molecular flexibility index (Phi) is 8.98. The number of para-hydroxylation sites is 1. The van der Waals surface area contributed by atoms with Crippen molar-refractivity contribution in [2.75, 3.05) is 40.4 Å². The van der Waals surface area contributed by atoms with Gasteiger partial charge in [-0.1, -0.05) is 26.0 Å². The molecule has 194 valence electrons. The van der Waals surface area contributed by atoms with E-state index in [0.29, 0.717) is 41.5 Å². The Balaban J connectivity index is 2.15. The molecule has 1 fully saturated rings. The summed E-state index contributed by atoms with van der Waals surface area (Å²) >= 11 is 0. The number of likely N-dealkylation sites (N-methyl/N-ethyl adjacent to an activating group) is 1. The molecule has 8 nitrogen and oxygen atoms in total. The number of amides is 1. The molecule has 0 radical (unpaired) electrons. The number of methoxy groups -OCH3 is 2. The molecule has 1 heterocycles. The number of ketones is 1. The Labute approximate surface area is 213 Å². The summed E-state index contributed by atoms with van der Waals surface area (Å²) in [4.78, 5) is 30.3. The van der Waals surface area contributed by atoms with Gasteiger partial charge in [0.1, 0.15) is 11.5 Å². The summed E-state index contributed by atoms with van der Waals surface area (Å²) in [5.41, 5.74) is 1.00. The minimum absolute atomic E-state index is 0.00102. The van der Waals surface area contributed by atoms with Crippen molar-refractivity contribution in [1.82, 2.24) is 9.80 Å². The molecule has 1 unspecified atom stereocenters. The number of ether oxygens (including phenoxy) is 3. The summed E-state index contributed by atoms with van der Waals surface area (Å²) in [6.45, 7) is 10.5. The van der Waals surface area contributed by atoms with Crippen LogP contribution < -0.4 is 14.2 Å². The SMILES string of the molecule is CCN(CC)CCN1C(=O)C(=O)/C(=C(\O)c2ccc(OC(C)C)cc2)C1c1cccc(OC)c1OC. The van der Waals surface area contributed by atoms with E-state index in [9.17, 15) is 14.7 Å². The molecule has 1 atom stereocenters. The third-order valence-electron chi connectivity index (χ3n) is 6.32. The van der Waals surface area contributed by atoms with E-state index in [0.717, 1.165) is 13.1 Å². The molecule has 1 N–H and O–H groups in total. The molecular weight excluding hydrogens is 460 g/mol. The van der Waals surface area contributed by atoms with Crippen molar-refractivity contribution in [2.24, 2.45) is 0 Å². The van der Waals surface area contributed by atoms with Crippen molar-refractivity contribution in [3.8, 4) is 17.2 Å². The predicted octanol–water partition coefficient (Wildman–Crippen LogP) is 4.25. The van der Waals surface area contributed by atoms with E-state index in [1.807, 2.05) is 27.7 Å². The number of nitrogens with zero attached hydrogens (tertiary/aromatic N) is 2. The first kappa shape index (κ1) is 27.1. The Bertz CT molecular complexity index is 1110. The van der Waals surface area contributed by atoms with Gasteiger partial charge in [-0.25, -0.2) is 0 Å². The first-order valence-electron chi connectivity index (χ1n) is 12.3. The standard InChI is InChI=1S/C28H36N2O6/c1-7-29(8-2)16-17-30-24(21-10-9-11-22(34-5)27(21)35-6)23(26(32)28(30)33)25(31)19-12-14-20(15-13-19)36-18(3)4/h9-15,18,24,31H,7-8,16-17H2,1-6H3/b25-23-. The molecule has 1 saturated heterocycles. The Morgan fingerprint density at radius 1 is 1.03 bits per heavy atom. The second-order valence-electron chi connectivity index (χ2n) is 8.79. The van der Waals surface area contributed by atoms with Gasteiger partial charge in [-0.15, -0.1) is 0 Å². The zero-order chi connectivity index (χ0) is 26.4. The second kappa shape index (κ2) is 11.9. The highest BCUT2D eigenvalue weighted by Gasteiger charge is 2.47. The van der Waals surface area contributed by atoms with Gasteiger partial charge >= 0.3 is 0 Å². The molecule has 8 heteroatoms. The third kappa shape index (κ3) is 5.49. The maximum Gasteiger partial charge on any atom is 0.295 e. The molecule has 0 saturated carbocycles. The summed E-state index contributed by atoms with van der Waals surface area (Å²) < 4.78 is 16.8. The fourth-order valence-corrected chi connectivity index (χ4v) is 4.47. The maximum absolute atomic E-state index is 13.3. The Hall–Kier alpha value is -3.52. The first-order chi connectivity index (χ1) is 17.3. The van der Waals surface area contributed by atoms with Gasteiger partial charge in [0, 0.05) is 24.2 Å². The number of likely N-dealkylation sites (tertiary alicyclic amines) is 1.